The largest absolute Gasteiger partial charge is 0.479 e. The highest BCUT2D eigenvalue weighted by atomic mass is 16.5. The van der Waals surface area contributed by atoms with Crippen molar-refractivity contribution in [2.75, 3.05) is 13.1 Å². The van der Waals surface area contributed by atoms with E-state index in [1.54, 1.807) is 76.5 Å². The van der Waals surface area contributed by atoms with Crippen molar-refractivity contribution in [3.05, 3.63) is 92.9 Å². The molecule has 42 heavy (non-hydrogen) atoms. The standard InChI is InChI=1S/C32H28N2O8/c1-31(2)29(37)21(19-13-23-17(11-25(19)41-31)5-7-27(35)39-23)15-33-9-10-34-16-22-20-14-24-18(6-8-28(36)40-24)12-26(20)42-32(3,4)30(22)38/h5-8,11-16,33-34H,9-10H2,1-4H3/b21-15-,22-16-. The minimum absolute atomic E-state index is 0.222. The van der Waals surface area contributed by atoms with Crippen molar-refractivity contribution in [3.8, 4) is 11.5 Å². The van der Waals surface area contributed by atoms with Crippen molar-refractivity contribution in [3.63, 3.8) is 0 Å². The lowest BCUT2D eigenvalue weighted by atomic mass is 9.88. The molecular weight excluding hydrogens is 540 g/mol. The highest BCUT2D eigenvalue weighted by molar-refractivity contribution is 6.27. The maximum Gasteiger partial charge on any atom is 0.336 e. The molecule has 0 spiro atoms. The van der Waals surface area contributed by atoms with Crippen LogP contribution >= 0.6 is 0 Å². The van der Waals surface area contributed by atoms with E-state index >= 15 is 0 Å². The predicted octanol–water partition coefficient (Wildman–Crippen LogP) is 3.94. The van der Waals surface area contributed by atoms with Crippen LogP contribution in [-0.4, -0.2) is 35.9 Å². The molecule has 0 saturated heterocycles. The Morgan fingerprint density at radius 3 is 1.43 bits per heavy atom. The Balaban J connectivity index is 1.22. The van der Waals surface area contributed by atoms with Gasteiger partial charge < -0.3 is 28.9 Å². The van der Waals surface area contributed by atoms with Crippen LogP contribution in [0.2, 0.25) is 0 Å². The molecule has 0 saturated carbocycles. The van der Waals surface area contributed by atoms with Crippen LogP contribution < -0.4 is 31.4 Å². The Hall–Kier alpha value is -5.12. The first-order valence-corrected chi connectivity index (χ1v) is 13.4. The van der Waals surface area contributed by atoms with Gasteiger partial charge in [-0.25, -0.2) is 9.59 Å². The van der Waals surface area contributed by atoms with Crippen LogP contribution in [0.4, 0.5) is 0 Å². The Morgan fingerprint density at radius 1 is 0.619 bits per heavy atom. The second-order valence-corrected chi connectivity index (χ2v) is 11.2. The van der Waals surface area contributed by atoms with Gasteiger partial charge in [-0.05, 0) is 64.1 Å². The number of carbonyl (C=O) groups is 2. The number of hydrogen-bond acceptors (Lipinski definition) is 10. The number of hydrogen-bond donors (Lipinski definition) is 2. The fraction of sp³-hybridized carbons (Fsp3) is 0.250. The number of rotatable bonds is 5. The summed E-state index contributed by atoms with van der Waals surface area (Å²) in [4.78, 5) is 49.9. The molecule has 0 amide bonds. The van der Waals surface area contributed by atoms with Crippen molar-refractivity contribution in [2.45, 2.75) is 38.9 Å². The van der Waals surface area contributed by atoms with E-state index in [1.165, 1.54) is 12.1 Å². The molecule has 2 aromatic heterocycles. The van der Waals surface area contributed by atoms with Crippen LogP contribution in [0.5, 0.6) is 11.5 Å². The smallest absolute Gasteiger partial charge is 0.336 e. The number of ether oxygens (including phenoxy) is 2. The molecule has 2 aromatic carbocycles. The molecule has 0 bridgehead atoms. The van der Waals surface area contributed by atoms with Gasteiger partial charge in [-0.2, -0.15) is 0 Å². The minimum atomic E-state index is -1.08. The molecule has 6 rings (SSSR count). The number of benzene rings is 2. The monoisotopic (exact) mass is 568 g/mol. The molecule has 0 aliphatic carbocycles. The maximum absolute atomic E-state index is 13.2. The van der Waals surface area contributed by atoms with Gasteiger partial charge in [0.05, 0.1) is 0 Å². The topological polar surface area (TPSA) is 137 Å². The SMILES string of the molecule is CC1(C)Oc2cc3ccc(=O)oc3cc2/C(=C/NCCN/C=C2\C(=O)C(C)(C)Oc3cc4ccc(=O)oc4cc32)C1=O. The van der Waals surface area contributed by atoms with E-state index in [0.29, 0.717) is 68.8 Å². The Kier molecular flexibility index (Phi) is 6.29. The highest BCUT2D eigenvalue weighted by Gasteiger charge is 2.40. The highest BCUT2D eigenvalue weighted by Crippen LogP contribution is 2.41. The summed E-state index contributed by atoms with van der Waals surface area (Å²) in [6.45, 7) is 7.63. The third-order valence-electron chi connectivity index (χ3n) is 7.24. The molecule has 10 heteroatoms. The molecule has 0 radical (unpaired) electrons. The summed E-state index contributed by atoms with van der Waals surface area (Å²) in [6, 6.07) is 12.7. The van der Waals surface area contributed by atoms with Gasteiger partial charge in [0.1, 0.15) is 22.7 Å². The van der Waals surface area contributed by atoms with Crippen LogP contribution in [0, 0.1) is 0 Å². The van der Waals surface area contributed by atoms with Crippen LogP contribution in [0.3, 0.4) is 0 Å². The molecule has 4 heterocycles. The van der Waals surface area contributed by atoms with E-state index in [1.807, 2.05) is 0 Å². The summed E-state index contributed by atoms with van der Waals surface area (Å²) < 4.78 is 22.6. The van der Waals surface area contributed by atoms with E-state index in [0.717, 1.165) is 0 Å². The molecule has 214 valence electrons. The van der Waals surface area contributed by atoms with Crippen LogP contribution in [0.1, 0.15) is 38.8 Å². The molecule has 0 fully saturated rings. The zero-order valence-corrected chi connectivity index (χ0v) is 23.5. The Labute approximate surface area is 239 Å². The summed E-state index contributed by atoms with van der Waals surface area (Å²) in [7, 11) is 0. The Bertz CT molecular complexity index is 1830. The van der Waals surface area contributed by atoms with E-state index < -0.39 is 22.5 Å². The summed E-state index contributed by atoms with van der Waals surface area (Å²) >= 11 is 0. The first-order chi connectivity index (χ1) is 19.9. The van der Waals surface area contributed by atoms with Crippen LogP contribution in [0.15, 0.2) is 79.4 Å². The molecule has 4 aromatic rings. The summed E-state index contributed by atoms with van der Waals surface area (Å²) in [5, 5.41) is 7.68. The second kappa shape index (κ2) is 9.76. The summed E-state index contributed by atoms with van der Waals surface area (Å²) in [5.41, 5.74) is -0.584. The zero-order valence-electron chi connectivity index (χ0n) is 23.5. The maximum atomic E-state index is 13.2. The average Bonchev–Trinajstić information content (AvgIpc) is 2.92. The van der Waals surface area contributed by atoms with Crippen molar-refractivity contribution in [2.24, 2.45) is 0 Å². The van der Waals surface area contributed by atoms with Crippen LogP contribution in [0.25, 0.3) is 33.1 Å². The summed E-state index contributed by atoms with van der Waals surface area (Å²) in [5.74, 6) is 0.584. The van der Waals surface area contributed by atoms with Gasteiger partial charge in [-0.3, -0.25) is 9.59 Å². The number of fused-ring (bicyclic) bond motifs is 4. The normalized spacial score (nSPS) is 18.9. The second-order valence-electron chi connectivity index (χ2n) is 11.2. The van der Waals surface area contributed by atoms with Gasteiger partial charge in [0.25, 0.3) is 0 Å². The van der Waals surface area contributed by atoms with Gasteiger partial charge in [-0.1, -0.05) is 0 Å². The molecule has 2 aliphatic rings. The predicted molar refractivity (Wildman–Crippen MR) is 156 cm³/mol. The van der Waals surface area contributed by atoms with Gasteiger partial charge in [0.15, 0.2) is 11.2 Å². The van der Waals surface area contributed by atoms with Gasteiger partial charge in [-0.15, -0.1) is 0 Å². The molecule has 0 unspecified atom stereocenters. The lowest BCUT2D eigenvalue weighted by molar-refractivity contribution is -0.127. The lowest BCUT2D eigenvalue weighted by Gasteiger charge is -2.33. The fourth-order valence-electron chi connectivity index (χ4n) is 5.09. The van der Waals surface area contributed by atoms with Crippen LogP contribution in [-0.2, 0) is 9.59 Å². The summed E-state index contributed by atoms with van der Waals surface area (Å²) in [6.07, 6.45) is 3.25. The van der Waals surface area contributed by atoms with Crippen molar-refractivity contribution in [1.82, 2.24) is 10.6 Å². The fourth-order valence-corrected chi connectivity index (χ4v) is 5.09. The van der Waals surface area contributed by atoms with Gasteiger partial charge >= 0.3 is 11.3 Å². The first kappa shape index (κ1) is 27.1. The molecule has 10 nitrogen and oxygen atoms in total. The number of nitrogens with one attached hydrogen (secondary N) is 2. The van der Waals surface area contributed by atoms with Crippen molar-refractivity contribution >= 4 is 44.7 Å². The number of Topliss-reactive ketones (excluding diaryl/α,β-unsaturated/α-hetero) is 2. The van der Waals surface area contributed by atoms with Gasteiger partial charge in [0.2, 0.25) is 11.6 Å². The first-order valence-electron chi connectivity index (χ1n) is 13.4. The lowest BCUT2D eigenvalue weighted by Crippen LogP contribution is -2.42. The molecule has 2 aliphatic heterocycles. The number of ketones is 2. The zero-order chi connectivity index (χ0) is 29.8. The van der Waals surface area contributed by atoms with E-state index in [2.05, 4.69) is 10.6 Å². The molecular formula is C32H28N2O8. The molecule has 0 atom stereocenters. The van der Waals surface area contributed by atoms with Gasteiger partial charge in [0, 0.05) is 70.7 Å². The average molecular weight is 569 g/mol. The third-order valence-corrected chi connectivity index (χ3v) is 7.24. The van der Waals surface area contributed by atoms with Crippen molar-refractivity contribution in [1.29, 1.82) is 0 Å². The minimum Gasteiger partial charge on any atom is -0.479 e. The van der Waals surface area contributed by atoms with E-state index in [9.17, 15) is 19.2 Å². The van der Waals surface area contributed by atoms with E-state index in [4.69, 9.17) is 18.3 Å². The Morgan fingerprint density at radius 2 is 1.02 bits per heavy atom. The quantitative estimate of drug-likeness (QED) is 0.207. The number of carbonyl (C=O) groups excluding carboxylic acids is 2. The third kappa shape index (κ3) is 4.74. The van der Waals surface area contributed by atoms with E-state index in [-0.39, 0.29) is 11.6 Å². The molecule has 2 N–H and O–H groups in total. The van der Waals surface area contributed by atoms with Crippen molar-refractivity contribution < 1.29 is 27.9 Å².